The molecule has 0 spiro atoms. The highest BCUT2D eigenvalue weighted by Crippen LogP contribution is 2.46. The fraction of sp³-hybridized carbons (Fsp3) is 1.00. The van der Waals surface area contributed by atoms with Gasteiger partial charge in [0.2, 0.25) is 0 Å². The molecule has 2 N–H and O–H groups in total. The molecule has 1 aliphatic carbocycles. The zero-order valence-corrected chi connectivity index (χ0v) is 13.2. The Bertz CT molecular complexity index is 305. The zero-order valence-electron chi connectivity index (χ0n) is 13.2. The number of nitrogens with two attached hydrogens (primary N) is 1. The minimum atomic E-state index is 0.215. The first-order valence-corrected chi connectivity index (χ1v) is 7.91. The summed E-state index contributed by atoms with van der Waals surface area (Å²) in [5, 5.41) is 0. The first-order chi connectivity index (χ1) is 8.93. The average molecular weight is 268 g/mol. The van der Waals surface area contributed by atoms with E-state index in [1.165, 1.54) is 38.6 Å². The van der Waals surface area contributed by atoms with E-state index in [0.717, 1.165) is 13.1 Å². The largest absolute Gasteiger partial charge is 0.380 e. The maximum atomic E-state index is 6.25. The van der Waals surface area contributed by atoms with E-state index < -0.39 is 0 Å². The second kappa shape index (κ2) is 5.71. The average Bonchev–Trinajstić information content (AvgIpc) is 2.39. The molecule has 2 aliphatic rings. The van der Waals surface area contributed by atoms with Gasteiger partial charge in [-0.3, -0.25) is 4.90 Å². The Labute approximate surface area is 118 Å². The number of ether oxygens (including phenoxy) is 1. The van der Waals surface area contributed by atoms with E-state index in [9.17, 15) is 0 Å². The van der Waals surface area contributed by atoms with Gasteiger partial charge in [0.05, 0.1) is 6.10 Å². The fourth-order valence-corrected chi connectivity index (χ4v) is 4.36. The van der Waals surface area contributed by atoms with Crippen LogP contribution in [0.15, 0.2) is 0 Å². The number of hydrogen-bond donors (Lipinski definition) is 1. The topological polar surface area (TPSA) is 38.5 Å². The highest BCUT2D eigenvalue weighted by molar-refractivity contribution is 5.03. The van der Waals surface area contributed by atoms with Gasteiger partial charge in [0, 0.05) is 25.7 Å². The molecule has 3 heteroatoms. The summed E-state index contributed by atoms with van der Waals surface area (Å²) in [5.41, 5.74) is 6.95. The van der Waals surface area contributed by atoms with Gasteiger partial charge in [0.1, 0.15) is 0 Å². The van der Waals surface area contributed by atoms with Gasteiger partial charge in [-0.15, -0.1) is 0 Å². The minimum absolute atomic E-state index is 0.215. The van der Waals surface area contributed by atoms with E-state index in [0.29, 0.717) is 17.4 Å². The molecule has 19 heavy (non-hydrogen) atoms. The molecule has 1 heterocycles. The van der Waals surface area contributed by atoms with Crippen LogP contribution in [0.4, 0.5) is 0 Å². The Morgan fingerprint density at radius 2 is 2.05 bits per heavy atom. The normalized spacial score (nSPS) is 40.3. The predicted octanol–water partition coefficient (Wildman–Crippen LogP) is 2.64. The molecular formula is C16H32N2O. The maximum absolute atomic E-state index is 6.25. The molecule has 0 bridgehead atoms. The number of likely N-dealkylation sites (tertiary alicyclic amines) is 1. The Balaban J connectivity index is 2.13. The van der Waals surface area contributed by atoms with Crippen molar-refractivity contribution in [1.82, 2.24) is 4.90 Å². The quantitative estimate of drug-likeness (QED) is 0.855. The Hall–Kier alpha value is -0.120. The Kier molecular flexibility index (Phi) is 4.59. The molecule has 1 saturated carbocycles. The summed E-state index contributed by atoms with van der Waals surface area (Å²) in [4.78, 5) is 2.66. The third kappa shape index (κ3) is 2.98. The third-order valence-electron chi connectivity index (χ3n) is 5.71. The monoisotopic (exact) mass is 268 g/mol. The van der Waals surface area contributed by atoms with Gasteiger partial charge in [-0.05, 0) is 50.0 Å². The number of piperidine rings is 1. The van der Waals surface area contributed by atoms with Crippen LogP contribution in [0, 0.1) is 11.3 Å². The zero-order chi connectivity index (χ0) is 14.1. The lowest BCUT2D eigenvalue weighted by atomic mass is 9.63. The molecule has 3 atom stereocenters. The molecule has 2 rings (SSSR count). The first kappa shape index (κ1) is 15.3. The van der Waals surface area contributed by atoms with E-state index in [4.69, 9.17) is 10.5 Å². The van der Waals surface area contributed by atoms with Gasteiger partial charge in [0.15, 0.2) is 0 Å². The molecular weight excluding hydrogens is 236 g/mol. The second-order valence-electron chi connectivity index (χ2n) is 7.52. The molecule has 1 saturated heterocycles. The third-order valence-corrected chi connectivity index (χ3v) is 5.71. The number of hydrogen-bond acceptors (Lipinski definition) is 3. The SMILES string of the molecule is COC1CCCN(C2(CN)CCC(C)(C)CC2C)C1. The smallest absolute Gasteiger partial charge is 0.0698 e. The number of methoxy groups -OCH3 is 1. The van der Waals surface area contributed by atoms with E-state index in [-0.39, 0.29) is 5.54 Å². The van der Waals surface area contributed by atoms with Gasteiger partial charge in [-0.1, -0.05) is 20.8 Å². The lowest BCUT2D eigenvalue weighted by Gasteiger charge is -2.55. The van der Waals surface area contributed by atoms with Gasteiger partial charge >= 0.3 is 0 Å². The van der Waals surface area contributed by atoms with Crippen LogP contribution in [0.2, 0.25) is 0 Å². The van der Waals surface area contributed by atoms with E-state index >= 15 is 0 Å². The summed E-state index contributed by atoms with van der Waals surface area (Å²) >= 11 is 0. The van der Waals surface area contributed by atoms with Crippen molar-refractivity contribution >= 4 is 0 Å². The van der Waals surface area contributed by atoms with Crippen molar-refractivity contribution in [2.45, 2.75) is 64.5 Å². The summed E-state index contributed by atoms with van der Waals surface area (Å²) in [6.07, 6.45) is 6.68. The van der Waals surface area contributed by atoms with Crippen LogP contribution in [0.5, 0.6) is 0 Å². The van der Waals surface area contributed by atoms with Crippen molar-refractivity contribution in [3.05, 3.63) is 0 Å². The van der Waals surface area contributed by atoms with Crippen LogP contribution < -0.4 is 5.73 Å². The van der Waals surface area contributed by atoms with Gasteiger partial charge in [-0.2, -0.15) is 0 Å². The van der Waals surface area contributed by atoms with Crippen molar-refractivity contribution in [3.63, 3.8) is 0 Å². The van der Waals surface area contributed by atoms with E-state index in [1.54, 1.807) is 0 Å². The number of nitrogens with zero attached hydrogens (tertiary/aromatic N) is 1. The van der Waals surface area contributed by atoms with Crippen LogP contribution in [0.3, 0.4) is 0 Å². The van der Waals surface area contributed by atoms with Crippen molar-refractivity contribution in [2.75, 3.05) is 26.7 Å². The summed E-state index contributed by atoms with van der Waals surface area (Å²) in [5.74, 6) is 0.678. The highest BCUT2D eigenvalue weighted by Gasteiger charge is 2.47. The molecule has 3 nitrogen and oxygen atoms in total. The van der Waals surface area contributed by atoms with Crippen LogP contribution in [-0.2, 0) is 4.74 Å². The number of rotatable bonds is 3. The first-order valence-electron chi connectivity index (χ1n) is 7.91. The summed E-state index contributed by atoms with van der Waals surface area (Å²) in [7, 11) is 1.84. The highest BCUT2D eigenvalue weighted by atomic mass is 16.5. The predicted molar refractivity (Wildman–Crippen MR) is 80.2 cm³/mol. The summed E-state index contributed by atoms with van der Waals surface area (Å²) < 4.78 is 5.60. The summed E-state index contributed by atoms with van der Waals surface area (Å²) in [6.45, 7) is 10.3. The van der Waals surface area contributed by atoms with Crippen LogP contribution in [0.1, 0.15) is 52.9 Å². The van der Waals surface area contributed by atoms with E-state index in [2.05, 4.69) is 25.7 Å². The molecule has 0 amide bonds. The molecule has 3 unspecified atom stereocenters. The van der Waals surface area contributed by atoms with Crippen LogP contribution in [0.25, 0.3) is 0 Å². The standard InChI is InChI=1S/C16H32N2O/c1-13-10-15(2,3)7-8-16(13,12-17)18-9-5-6-14(11-18)19-4/h13-14H,5-12,17H2,1-4H3. The Morgan fingerprint density at radius 1 is 1.32 bits per heavy atom. The fourth-order valence-electron chi connectivity index (χ4n) is 4.36. The molecule has 112 valence electrons. The molecule has 0 radical (unpaired) electrons. The van der Waals surface area contributed by atoms with Gasteiger partial charge in [-0.25, -0.2) is 0 Å². The van der Waals surface area contributed by atoms with Gasteiger partial charge < -0.3 is 10.5 Å². The molecule has 0 aromatic rings. The molecule has 0 aromatic heterocycles. The van der Waals surface area contributed by atoms with Crippen molar-refractivity contribution < 1.29 is 4.74 Å². The van der Waals surface area contributed by atoms with Crippen molar-refractivity contribution in [1.29, 1.82) is 0 Å². The van der Waals surface area contributed by atoms with Crippen molar-refractivity contribution in [3.8, 4) is 0 Å². The van der Waals surface area contributed by atoms with Crippen LogP contribution >= 0.6 is 0 Å². The molecule has 0 aromatic carbocycles. The molecule has 1 aliphatic heterocycles. The summed E-state index contributed by atoms with van der Waals surface area (Å²) in [6, 6.07) is 0. The van der Waals surface area contributed by atoms with Crippen LogP contribution in [-0.4, -0.2) is 43.3 Å². The van der Waals surface area contributed by atoms with Gasteiger partial charge in [0.25, 0.3) is 0 Å². The lowest BCUT2D eigenvalue weighted by Crippen LogP contribution is -2.63. The minimum Gasteiger partial charge on any atom is -0.380 e. The lowest BCUT2D eigenvalue weighted by molar-refractivity contribution is -0.0683. The van der Waals surface area contributed by atoms with Crippen molar-refractivity contribution in [2.24, 2.45) is 17.1 Å². The second-order valence-corrected chi connectivity index (χ2v) is 7.52. The Morgan fingerprint density at radius 3 is 2.63 bits per heavy atom. The molecule has 2 fully saturated rings. The maximum Gasteiger partial charge on any atom is 0.0698 e. The van der Waals surface area contributed by atoms with E-state index in [1.807, 2.05) is 7.11 Å².